The molecule has 0 aliphatic rings. The van der Waals surface area contributed by atoms with Crippen molar-refractivity contribution in [2.24, 2.45) is 0 Å². The third kappa shape index (κ3) is 9.40. The Bertz CT molecular complexity index is 4120. The van der Waals surface area contributed by atoms with Crippen LogP contribution in [-0.4, -0.2) is 9.97 Å². The van der Waals surface area contributed by atoms with Gasteiger partial charge in [0.15, 0.2) is 0 Å². The van der Waals surface area contributed by atoms with E-state index in [0.29, 0.717) is 0 Å². The molecule has 6 heteroatoms. The van der Waals surface area contributed by atoms with Crippen LogP contribution in [-0.2, 0) is 0 Å². The van der Waals surface area contributed by atoms with Crippen LogP contribution >= 0.6 is 0 Å². The Morgan fingerprint density at radius 3 is 0.610 bits per heavy atom. The molecule has 0 aliphatic heterocycles. The third-order valence-electron chi connectivity index (χ3n) is 15.2. The lowest BCUT2D eigenvalue weighted by Crippen LogP contribution is -2.12. The Hall–Kier alpha value is -11.1. The number of hydrogen-bond acceptors (Lipinski definition) is 6. The van der Waals surface area contributed by atoms with Crippen LogP contribution in [0.2, 0.25) is 0 Å². The summed E-state index contributed by atoms with van der Waals surface area (Å²) in [6.45, 7) is 0. The highest BCUT2D eigenvalue weighted by molar-refractivity contribution is 6.08. The molecule has 82 heavy (non-hydrogen) atoms. The highest BCUT2D eigenvalue weighted by Crippen LogP contribution is 2.47. The zero-order valence-electron chi connectivity index (χ0n) is 44.9. The molecule has 0 saturated heterocycles. The fourth-order valence-corrected chi connectivity index (χ4v) is 11.4. The summed E-state index contributed by atoms with van der Waals surface area (Å²) in [4.78, 5) is 20.2. The zero-order chi connectivity index (χ0) is 54.6. The van der Waals surface area contributed by atoms with Crippen LogP contribution in [0.3, 0.4) is 0 Å². The minimum absolute atomic E-state index is 0.809. The van der Waals surface area contributed by atoms with Crippen LogP contribution < -0.4 is 19.6 Å². The average Bonchev–Trinajstić information content (AvgIpc) is 3.47. The van der Waals surface area contributed by atoms with Gasteiger partial charge in [-0.05, 0) is 133 Å². The van der Waals surface area contributed by atoms with Gasteiger partial charge in [-0.3, -0.25) is 0 Å². The van der Waals surface area contributed by atoms with Crippen LogP contribution in [0.1, 0.15) is 0 Å². The first-order valence-electron chi connectivity index (χ1n) is 27.7. The molecule has 1 heterocycles. The Balaban J connectivity index is 0.853. The maximum absolute atomic E-state index is 5.39. The van der Waals surface area contributed by atoms with Crippen molar-refractivity contribution in [3.8, 4) is 22.5 Å². The van der Waals surface area contributed by atoms with Gasteiger partial charge < -0.3 is 19.6 Å². The Morgan fingerprint density at radius 1 is 0.171 bits per heavy atom. The topological polar surface area (TPSA) is 38.7 Å². The van der Waals surface area contributed by atoms with E-state index in [1.165, 1.54) is 0 Å². The van der Waals surface area contributed by atoms with Gasteiger partial charge in [0.25, 0.3) is 0 Å². The first-order chi connectivity index (χ1) is 40.7. The number of nitrogens with zero attached hydrogens (tertiary/aromatic N) is 6. The Kier molecular flexibility index (Phi) is 13.2. The highest BCUT2D eigenvalue weighted by atomic mass is 15.2. The van der Waals surface area contributed by atoms with Gasteiger partial charge in [0.05, 0.1) is 45.2 Å². The van der Waals surface area contributed by atoms with Gasteiger partial charge in [0, 0.05) is 78.2 Å². The van der Waals surface area contributed by atoms with E-state index in [-0.39, 0.29) is 0 Å². The maximum Gasteiger partial charge on any atom is 0.0973 e. The number of para-hydroxylation sites is 8. The maximum atomic E-state index is 5.39. The number of rotatable bonds is 14. The molecule has 0 N–H and O–H groups in total. The van der Waals surface area contributed by atoms with Crippen LogP contribution in [0.15, 0.2) is 328 Å². The Morgan fingerprint density at radius 2 is 0.378 bits per heavy atom. The first-order valence-corrected chi connectivity index (χ1v) is 27.7. The third-order valence-corrected chi connectivity index (χ3v) is 15.2. The molecule has 13 aromatic carbocycles. The molecule has 0 aliphatic carbocycles. The molecule has 0 radical (unpaired) electrons. The standard InChI is InChI=1S/C76H54N6/c1-7-25-57(26-8-1)79(58-27-9-2-10-28-58)71-43-21-39-67-65(71)37-23-45-73(67)81(61-33-15-5-16-34-61)63-51-47-55(48-52-63)75-76(78-70-42-20-19-41-69(70)77-75)56-49-53-64(54-50-56)82(62-35-17-6-18-36-62)74-46-24-38-66-68(74)40-22-44-72(66)80(59-29-11-3-12-30-59)60-31-13-4-14-32-60/h1-54H. The summed E-state index contributed by atoms with van der Waals surface area (Å²) in [7, 11) is 0. The van der Waals surface area contributed by atoms with E-state index in [4.69, 9.17) is 9.97 Å². The summed E-state index contributed by atoms with van der Waals surface area (Å²) >= 11 is 0. The SMILES string of the molecule is c1ccc(N(c2ccccc2)c2cccc3c(N(c4ccccc4)c4ccc(-c5nc6ccccc6nc5-c5ccc(N(c6ccccc6)c6cccc7c(N(c8ccccc8)c8ccccc8)cccc67)cc5)cc4)cccc23)cc1. The molecule has 0 unspecified atom stereocenters. The quantitative estimate of drug-likeness (QED) is 0.108. The number of fused-ring (bicyclic) bond motifs is 3. The second-order valence-electron chi connectivity index (χ2n) is 20.2. The average molecular weight is 1050 g/mol. The van der Waals surface area contributed by atoms with Crippen LogP contribution in [0, 0.1) is 0 Å². The minimum Gasteiger partial charge on any atom is -0.310 e. The zero-order valence-corrected chi connectivity index (χ0v) is 44.9. The van der Waals surface area contributed by atoms with Gasteiger partial charge in [-0.15, -0.1) is 0 Å². The number of anilines is 12. The van der Waals surface area contributed by atoms with Gasteiger partial charge >= 0.3 is 0 Å². The van der Waals surface area contributed by atoms with Crippen molar-refractivity contribution >= 4 is 101 Å². The van der Waals surface area contributed by atoms with Crippen molar-refractivity contribution in [1.29, 1.82) is 0 Å². The number of hydrogen-bond donors (Lipinski definition) is 0. The van der Waals surface area contributed by atoms with Crippen molar-refractivity contribution in [2.75, 3.05) is 19.6 Å². The molecule has 388 valence electrons. The number of aromatic nitrogens is 2. The van der Waals surface area contributed by atoms with E-state index in [1.54, 1.807) is 0 Å². The molecule has 14 rings (SSSR count). The Labute approximate surface area is 478 Å². The molecular weight excluding hydrogens is 997 g/mol. The predicted octanol–water partition coefficient (Wildman–Crippen LogP) is 21.1. The smallest absolute Gasteiger partial charge is 0.0973 e. The molecule has 0 amide bonds. The van der Waals surface area contributed by atoms with E-state index in [9.17, 15) is 0 Å². The predicted molar refractivity (Wildman–Crippen MR) is 344 cm³/mol. The van der Waals surface area contributed by atoms with Crippen LogP contribution in [0.4, 0.5) is 68.2 Å². The highest BCUT2D eigenvalue weighted by Gasteiger charge is 2.23. The summed E-state index contributed by atoms with van der Waals surface area (Å²) in [5.74, 6) is 0. The van der Waals surface area contributed by atoms with Crippen molar-refractivity contribution < 1.29 is 0 Å². The molecule has 14 aromatic rings. The van der Waals surface area contributed by atoms with Gasteiger partial charge in [0.2, 0.25) is 0 Å². The molecule has 0 saturated carbocycles. The lowest BCUT2D eigenvalue weighted by atomic mass is 10.0. The van der Waals surface area contributed by atoms with E-state index in [0.717, 1.165) is 123 Å². The first kappa shape index (κ1) is 49.2. The molecule has 0 spiro atoms. The largest absolute Gasteiger partial charge is 0.310 e. The molecule has 0 bridgehead atoms. The van der Waals surface area contributed by atoms with Gasteiger partial charge in [-0.1, -0.05) is 194 Å². The van der Waals surface area contributed by atoms with E-state index < -0.39 is 0 Å². The van der Waals surface area contributed by atoms with Crippen molar-refractivity contribution in [3.63, 3.8) is 0 Å². The van der Waals surface area contributed by atoms with E-state index in [1.807, 2.05) is 24.3 Å². The molecule has 0 fully saturated rings. The fourth-order valence-electron chi connectivity index (χ4n) is 11.4. The molecule has 0 atom stereocenters. The van der Waals surface area contributed by atoms with Crippen LogP contribution in [0.5, 0.6) is 0 Å². The van der Waals surface area contributed by atoms with Crippen molar-refractivity contribution in [3.05, 3.63) is 328 Å². The molecule has 6 nitrogen and oxygen atoms in total. The summed E-state index contributed by atoms with van der Waals surface area (Å²) in [5, 5.41) is 4.54. The van der Waals surface area contributed by atoms with Crippen molar-refractivity contribution in [1.82, 2.24) is 9.97 Å². The summed E-state index contributed by atoms with van der Waals surface area (Å²) in [6, 6.07) is 116. The van der Waals surface area contributed by atoms with Crippen LogP contribution in [0.25, 0.3) is 55.1 Å². The minimum atomic E-state index is 0.809. The van der Waals surface area contributed by atoms with Gasteiger partial charge in [-0.25, -0.2) is 9.97 Å². The van der Waals surface area contributed by atoms with E-state index in [2.05, 4.69) is 323 Å². The summed E-state index contributed by atoms with van der Waals surface area (Å²) < 4.78 is 0. The monoisotopic (exact) mass is 1050 g/mol. The summed E-state index contributed by atoms with van der Waals surface area (Å²) in [5.41, 5.74) is 18.1. The van der Waals surface area contributed by atoms with Gasteiger partial charge in [-0.2, -0.15) is 0 Å². The van der Waals surface area contributed by atoms with Gasteiger partial charge in [0.1, 0.15) is 0 Å². The second-order valence-corrected chi connectivity index (χ2v) is 20.2. The lowest BCUT2D eigenvalue weighted by Gasteiger charge is -2.30. The summed E-state index contributed by atoms with van der Waals surface area (Å²) in [6.07, 6.45) is 0. The second kappa shape index (κ2) is 22.0. The normalized spacial score (nSPS) is 11.2. The van der Waals surface area contributed by atoms with E-state index >= 15 is 0 Å². The fraction of sp³-hybridized carbons (Fsp3) is 0. The lowest BCUT2D eigenvalue weighted by molar-refractivity contribution is 1.27. The molecular formula is C76H54N6. The van der Waals surface area contributed by atoms with Crippen molar-refractivity contribution in [2.45, 2.75) is 0 Å². The molecule has 1 aromatic heterocycles. The number of benzene rings is 13.